The fourth-order valence-corrected chi connectivity index (χ4v) is 3.19. The van der Waals surface area contributed by atoms with E-state index in [1.54, 1.807) is 12.1 Å². The van der Waals surface area contributed by atoms with Crippen molar-refractivity contribution in [3.63, 3.8) is 0 Å². The molecule has 1 heterocycles. The van der Waals surface area contributed by atoms with E-state index in [0.717, 1.165) is 19.4 Å². The number of carbonyl (C=O) groups excluding carboxylic acids is 1. The third-order valence-electron chi connectivity index (χ3n) is 3.75. The van der Waals surface area contributed by atoms with Gasteiger partial charge in [-0.15, -0.1) is 0 Å². The molecule has 1 aliphatic rings. The van der Waals surface area contributed by atoms with Gasteiger partial charge < -0.3 is 10.6 Å². The topological polar surface area (TPSA) is 87.3 Å². The molecule has 116 valence electrons. The van der Waals surface area contributed by atoms with Crippen LogP contribution in [0.4, 0.5) is 5.69 Å². The number of sulfonamides is 1. The molecule has 0 saturated carbocycles. The lowest BCUT2D eigenvalue weighted by atomic mass is 9.92. The summed E-state index contributed by atoms with van der Waals surface area (Å²) >= 11 is 0. The molecule has 1 amide bonds. The first kappa shape index (κ1) is 15.9. The highest BCUT2D eigenvalue weighted by molar-refractivity contribution is 7.89. The van der Waals surface area contributed by atoms with Crippen molar-refractivity contribution in [2.24, 2.45) is 5.92 Å². The first-order valence-electron chi connectivity index (χ1n) is 7.02. The Hall–Kier alpha value is -1.44. The molecule has 1 aromatic carbocycles. The minimum absolute atomic E-state index is 0.0774. The van der Waals surface area contributed by atoms with E-state index in [9.17, 15) is 13.2 Å². The average Bonchev–Trinajstić information content (AvgIpc) is 2.48. The van der Waals surface area contributed by atoms with Gasteiger partial charge in [0.2, 0.25) is 15.9 Å². The number of carbonyl (C=O) groups is 1. The maximum atomic E-state index is 12.2. The number of anilines is 1. The van der Waals surface area contributed by atoms with Crippen molar-refractivity contribution in [1.82, 2.24) is 10.0 Å². The summed E-state index contributed by atoms with van der Waals surface area (Å²) in [6.07, 6.45) is 2.12. The quantitative estimate of drug-likeness (QED) is 0.772. The summed E-state index contributed by atoms with van der Waals surface area (Å²) in [5, 5.41) is 6.04. The van der Waals surface area contributed by atoms with Crippen molar-refractivity contribution in [3.05, 3.63) is 24.3 Å². The first-order valence-corrected chi connectivity index (χ1v) is 8.50. The fraction of sp³-hybridized carbons (Fsp3) is 0.500. The van der Waals surface area contributed by atoms with Gasteiger partial charge in [0.1, 0.15) is 0 Å². The van der Waals surface area contributed by atoms with Gasteiger partial charge in [-0.1, -0.05) is 6.92 Å². The van der Waals surface area contributed by atoms with Crippen LogP contribution in [0.2, 0.25) is 0 Å². The minimum atomic E-state index is -3.45. The van der Waals surface area contributed by atoms with Gasteiger partial charge in [0.15, 0.2) is 0 Å². The highest BCUT2D eigenvalue weighted by Gasteiger charge is 2.27. The molecule has 3 N–H and O–H groups in total. The Morgan fingerprint density at radius 2 is 1.95 bits per heavy atom. The van der Waals surface area contributed by atoms with E-state index in [1.807, 2.05) is 0 Å². The van der Waals surface area contributed by atoms with E-state index in [4.69, 9.17) is 0 Å². The zero-order valence-corrected chi connectivity index (χ0v) is 13.0. The molecule has 6 nitrogen and oxygen atoms in total. The molecule has 21 heavy (non-hydrogen) atoms. The van der Waals surface area contributed by atoms with E-state index < -0.39 is 10.0 Å². The predicted molar refractivity (Wildman–Crippen MR) is 81.5 cm³/mol. The lowest BCUT2D eigenvalue weighted by molar-refractivity contribution is -0.119. The summed E-state index contributed by atoms with van der Waals surface area (Å²) in [5.74, 6) is 0.217. The highest BCUT2D eigenvalue weighted by atomic mass is 32.2. The normalized spacial score (nSPS) is 22.8. The second-order valence-corrected chi connectivity index (χ2v) is 7.16. The number of benzene rings is 1. The standard InChI is InChI=1S/C14H21N3O3S/c1-10-4-3-9-16-13(10)14(18)17-11-5-7-12(8-6-11)21(19,20)15-2/h5-8,10,13,15-16H,3-4,9H2,1-2H3,(H,17,18). The van der Waals surface area contributed by atoms with Crippen molar-refractivity contribution in [1.29, 1.82) is 0 Å². The summed E-state index contributed by atoms with van der Waals surface area (Å²) in [5.41, 5.74) is 0.592. The van der Waals surface area contributed by atoms with E-state index in [1.165, 1.54) is 19.2 Å². The molecular formula is C14H21N3O3S. The molecule has 0 aromatic heterocycles. The number of amides is 1. The first-order chi connectivity index (χ1) is 9.94. The molecule has 0 aliphatic carbocycles. The van der Waals surface area contributed by atoms with Gasteiger partial charge in [0.05, 0.1) is 10.9 Å². The van der Waals surface area contributed by atoms with Crippen LogP contribution in [0.1, 0.15) is 19.8 Å². The Bertz CT molecular complexity index is 598. The van der Waals surface area contributed by atoms with Crippen LogP contribution >= 0.6 is 0 Å². The lowest BCUT2D eigenvalue weighted by Crippen LogP contribution is -2.48. The monoisotopic (exact) mass is 311 g/mol. The Kier molecular flexibility index (Phi) is 4.97. The van der Waals surface area contributed by atoms with Crippen molar-refractivity contribution >= 4 is 21.6 Å². The molecule has 0 spiro atoms. The minimum Gasteiger partial charge on any atom is -0.325 e. The van der Waals surface area contributed by atoms with Crippen LogP contribution in [0.15, 0.2) is 29.2 Å². The van der Waals surface area contributed by atoms with Crippen molar-refractivity contribution in [2.75, 3.05) is 18.9 Å². The SMILES string of the molecule is CNS(=O)(=O)c1ccc(NC(=O)C2NCCCC2C)cc1. The predicted octanol–water partition coefficient (Wildman–Crippen LogP) is 0.921. The smallest absolute Gasteiger partial charge is 0.241 e. The summed E-state index contributed by atoms with van der Waals surface area (Å²) in [4.78, 5) is 12.4. The van der Waals surface area contributed by atoms with Crippen LogP contribution in [0.5, 0.6) is 0 Å². The van der Waals surface area contributed by atoms with Gasteiger partial charge in [0.25, 0.3) is 0 Å². The maximum absolute atomic E-state index is 12.2. The summed E-state index contributed by atoms with van der Waals surface area (Å²) in [6, 6.07) is 5.93. The molecule has 0 bridgehead atoms. The van der Waals surface area contributed by atoms with Crippen molar-refractivity contribution in [2.45, 2.75) is 30.7 Å². The van der Waals surface area contributed by atoms with Crippen LogP contribution in [-0.4, -0.2) is 34.0 Å². The summed E-state index contributed by atoms with van der Waals surface area (Å²) in [6.45, 7) is 2.90. The third-order valence-corrected chi connectivity index (χ3v) is 5.18. The van der Waals surface area contributed by atoms with Gasteiger partial charge >= 0.3 is 0 Å². The van der Waals surface area contributed by atoms with E-state index in [-0.39, 0.29) is 16.8 Å². The Morgan fingerprint density at radius 1 is 1.29 bits per heavy atom. The fourth-order valence-electron chi connectivity index (χ4n) is 2.46. The molecule has 1 aliphatic heterocycles. The average molecular weight is 311 g/mol. The molecule has 1 fully saturated rings. The van der Waals surface area contributed by atoms with Gasteiger partial charge in [-0.2, -0.15) is 0 Å². The zero-order chi connectivity index (χ0) is 15.5. The Balaban J connectivity index is 2.05. The Morgan fingerprint density at radius 3 is 2.52 bits per heavy atom. The van der Waals surface area contributed by atoms with E-state index in [2.05, 4.69) is 22.3 Å². The van der Waals surface area contributed by atoms with Crippen molar-refractivity contribution in [3.8, 4) is 0 Å². The number of nitrogens with one attached hydrogen (secondary N) is 3. The van der Waals surface area contributed by atoms with E-state index >= 15 is 0 Å². The highest BCUT2D eigenvalue weighted by Crippen LogP contribution is 2.18. The molecule has 1 aromatic rings. The molecule has 2 rings (SSSR count). The molecule has 1 saturated heterocycles. The van der Waals surface area contributed by atoms with Gasteiger partial charge in [-0.3, -0.25) is 4.79 Å². The van der Waals surface area contributed by atoms with Crippen LogP contribution in [0, 0.1) is 5.92 Å². The molecule has 2 unspecified atom stereocenters. The van der Waals surface area contributed by atoms with Gasteiger partial charge in [-0.25, -0.2) is 13.1 Å². The second-order valence-electron chi connectivity index (χ2n) is 5.27. The lowest BCUT2D eigenvalue weighted by Gasteiger charge is -2.28. The number of rotatable bonds is 4. The number of hydrogen-bond donors (Lipinski definition) is 3. The van der Waals surface area contributed by atoms with Crippen molar-refractivity contribution < 1.29 is 13.2 Å². The zero-order valence-electron chi connectivity index (χ0n) is 12.2. The molecular weight excluding hydrogens is 290 g/mol. The Labute approximate surface area is 125 Å². The van der Waals surface area contributed by atoms with Crippen LogP contribution in [0.3, 0.4) is 0 Å². The van der Waals surface area contributed by atoms with Crippen LogP contribution < -0.4 is 15.4 Å². The maximum Gasteiger partial charge on any atom is 0.241 e. The number of piperidine rings is 1. The third kappa shape index (κ3) is 3.81. The van der Waals surface area contributed by atoms with Gasteiger partial charge in [0, 0.05) is 5.69 Å². The van der Waals surface area contributed by atoms with Crippen LogP contribution in [-0.2, 0) is 14.8 Å². The van der Waals surface area contributed by atoms with Gasteiger partial charge in [-0.05, 0) is 56.6 Å². The van der Waals surface area contributed by atoms with E-state index in [0.29, 0.717) is 11.6 Å². The number of hydrogen-bond acceptors (Lipinski definition) is 4. The summed E-state index contributed by atoms with van der Waals surface area (Å²) < 4.78 is 25.5. The van der Waals surface area contributed by atoms with Crippen LogP contribution in [0.25, 0.3) is 0 Å². The molecule has 7 heteroatoms. The molecule has 0 radical (unpaired) electrons. The summed E-state index contributed by atoms with van der Waals surface area (Å²) in [7, 11) is -2.09. The second kappa shape index (κ2) is 6.55. The molecule has 2 atom stereocenters. The largest absolute Gasteiger partial charge is 0.325 e.